The van der Waals surface area contributed by atoms with Gasteiger partial charge in [0.2, 0.25) is 0 Å². The highest BCUT2D eigenvalue weighted by Crippen LogP contribution is 2.53. The first-order chi connectivity index (χ1) is 13.4. The van der Waals surface area contributed by atoms with E-state index in [1.807, 2.05) is 12.1 Å². The summed E-state index contributed by atoms with van der Waals surface area (Å²) < 4.78 is 5.27. The monoisotopic (exact) mass is 374 g/mol. The number of amides is 2. The van der Waals surface area contributed by atoms with Crippen molar-refractivity contribution in [2.45, 2.75) is 5.92 Å². The lowest BCUT2D eigenvalue weighted by molar-refractivity contribution is 0.189. The van der Waals surface area contributed by atoms with Crippen molar-refractivity contribution < 1.29 is 9.53 Å². The van der Waals surface area contributed by atoms with E-state index in [1.165, 1.54) is 12.0 Å². The highest BCUT2D eigenvalue weighted by atomic mass is 16.5. The molecule has 1 fully saturated rings. The van der Waals surface area contributed by atoms with Crippen LogP contribution in [0.25, 0.3) is 0 Å². The van der Waals surface area contributed by atoms with Crippen LogP contribution >= 0.6 is 0 Å². The summed E-state index contributed by atoms with van der Waals surface area (Å²) in [7, 11) is 1.51. The quantitative estimate of drug-likeness (QED) is 0.758. The maximum absolute atomic E-state index is 11.7. The minimum absolute atomic E-state index is 0.166. The molecule has 8 heteroatoms. The molecule has 3 atom stereocenters. The molecule has 0 saturated heterocycles. The summed E-state index contributed by atoms with van der Waals surface area (Å²) in [6.45, 7) is 0.392. The number of nitriles is 3. The van der Waals surface area contributed by atoms with Crippen molar-refractivity contribution in [3.63, 3.8) is 0 Å². The Morgan fingerprint density at radius 1 is 1.36 bits per heavy atom. The number of benzene rings is 1. The molecule has 0 unspecified atom stereocenters. The highest BCUT2D eigenvalue weighted by Gasteiger charge is 2.58. The summed E-state index contributed by atoms with van der Waals surface area (Å²) in [5, 5.41) is 38.1. The number of hydrogen-bond donors (Lipinski definition) is 2. The van der Waals surface area contributed by atoms with Crippen molar-refractivity contribution in [1.29, 1.82) is 21.2 Å². The van der Waals surface area contributed by atoms with Crippen molar-refractivity contribution in [3.8, 4) is 24.0 Å². The van der Waals surface area contributed by atoms with Crippen LogP contribution in [-0.4, -0.2) is 36.8 Å². The van der Waals surface area contributed by atoms with Gasteiger partial charge in [-0.25, -0.2) is 4.79 Å². The van der Waals surface area contributed by atoms with Crippen molar-refractivity contribution in [3.05, 3.63) is 41.5 Å². The second kappa shape index (κ2) is 7.06. The Morgan fingerprint density at radius 2 is 2.07 bits per heavy atom. The van der Waals surface area contributed by atoms with Gasteiger partial charge >= 0.3 is 6.03 Å². The van der Waals surface area contributed by atoms with Crippen LogP contribution in [-0.2, 0) is 0 Å². The lowest BCUT2D eigenvalue weighted by Gasteiger charge is -2.47. The molecule has 2 amide bonds. The van der Waals surface area contributed by atoms with E-state index in [0.717, 1.165) is 0 Å². The normalized spacial score (nSPS) is 25.4. The first-order valence-electron chi connectivity index (χ1n) is 8.62. The van der Waals surface area contributed by atoms with Crippen molar-refractivity contribution in [2.24, 2.45) is 23.0 Å². The summed E-state index contributed by atoms with van der Waals surface area (Å²) in [4.78, 5) is 13.2. The molecule has 140 valence electrons. The van der Waals surface area contributed by atoms with Crippen LogP contribution < -0.4 is 10.5 Å². The Balaban J connectivity index is 2.26. The Labute approximate surface area is 162 Å². The molecule has 3 N–H and O–H groups in total. The van der Waals surface area contributed by atoms with E-state index in [9.17, 15) is 20.6 Å². The molecule has 0 bridgehead atoms. The molecule has 1 heterocycles. The average Bonchev–Trinajstić information content (AvgIpc) is 2.72. The molecule has 0 radical (unpaired) electrons. The molecule has 1 aromatic rings. The summed E-state index contributed by atoms with van der Waals surface area (Å²) in [6, 6.07) is 12.4. The van der Waals surface area contributed by atoms with E-state index in [4.69, 9.17) is 15.9 Å². The number of nitrogens with zero attached hydrogens (tertiary/aromatic N) is 4. The van der Waals surface area contributed by atoms with Crippen molar-refractivity contribution in [1.82, 2.24) is 4.90 Å². The predicted octanol–water partition coefficient (Wildman–Crippen LogP) is 1.92. The van der Waals surface area contributed by atoms with Gasteiger partial charge in [-0.1, -0.05) is 18.2 Å². The highest BCUT2D eigenvalue weighted by molar-refractivity contribution is 6.01. The van der Waals surface area contributed by atoms with Gasteiger partial charge in [-0.3, -0.25) is 0 Å². The second-order valence-corrected chi connectivity index (χ2v) is 6.82. The SMILES string of the molecule is COc1cccc([C@H]2[C@H]3CN(C(N)=O)CC=C3[C@H](C#N)C(=N)C2(C#N)C#N)c1. The Morgan fingerprint density at radius 3 is 2.64 bits per heavy atom. The molecule has 3 rings (SSSR count). The van der Waals surface area contributed by atoms with Gasteiger partial charge in [0.05, 0.1) is 31.0 Å². The lowest BCUT2D eigenvalue weighted by Crippen LogP contribution is -2.54. The van der Waals surface area contributed by atoms with E-state index in [1.54, 1.807) is 30.3 Å². The minimum atomic E-state index is -1.84. The number of methoxy groups -OCH3 is 1. The van der Waals surface area contributed by atoms with Crippen LogP contribution in [0.2, 0.25) is 0 Å². The summed E-state index contributed by atoms with van der Waals surface area (Å²) in [6.07, 6.45) is 1.72. The van der Waals surface area contributed by atoms with Crippen LogP contribution in [0.4, 0.5) is 4.79 Å². The van der Waals surface area contributed by atoms with E-state index < -0.39 is 29.2 Å². The molecule has 0 spiro atoms. The fourth-order valence-electron chi connectivity index (χ4n) is 4.20. The fourth-order valence-corrected chi connectivity index (χ4v) is 4.20. The number of urea groups is 1. The maximum atomic E-state index is 11.7. The summed E-state index contributed by atoms with van der Waals surface area (Å²) in [5.41, 5.74) is 4.66. The van der Waals surface area contributed by atoms with Gasteiger partial charge in [-0.2, -0.15) is 15.8 Å². The van der Waals surface area contributed by atoms with Crippen LogP contribution in [0.5, 0.6) is 5.75 Å². The van der Waals surface area contributed by atoms with Crippen LogP contribution in [0.3, 0.4) is 0 Å². The molecular formula is C20H18N6O2. The van der Waals surface area contributed by atoms with Crippen molar-refractivity contribution >= 4 is 11.7 Å². The summed E-state index contributed by atoms with van der Waals surface area (Å²) >= 11 is 0. The molecule has 2 aliphatic rings. The molecule has 0 aromatic heterocycles. The van der Waals surface area contributed by atoms with E-state index in [-0.39, 0.29) is 18.8 Å². The van der Waals surface area contributed by atoms with Gasteiger partial charge in [0.25, 0.3) is 0 Å². The molecule has 1 aromatic carbocycles. The predicted molar refractivity (Wildman–Crippen MR) is 99.0 cm³/mol. The molecular weight excluding hydrogens is 356 g/mol. The molecule has 8 nitrogen and oxygen atoms in total. The number of fused-ring (bicyclic) bond motifs is 1. The molecule has 28 heavy (non-hydrogen) atoms. The zero-order valence-electron chi connectivity index (χ0n) is 15.2. The third-order valence-corrected chi connectivity index (χ3v) is 5.55. The Hall–Kier alpha value is -3.83. The van der Waals surface area contributed by atoms with Crippen LogP contribution in [0.1, 0.15) is 11.5 Å². The topological polar surface area (TPSA) is 151 Å². The average molecular weight is 374 g/mol. The number of nitrogens with two attached hydrogens (primary N) is 1. The van der Waals surface area contributed by atoms with Gasteiger partial charge in [-0.05, 0) is 23.3 Å². The lowest BCUT2D eigenvalue weighted by atomic mass is 9.54. The number of primary amides is 1. The maximum Gasteiger partial charge on any atom is 0.315 e. The largest absolute Gasteiger partial charge is 0.497 e. The number of hydrogen-bond acceptors (Lipinski definition) is 6. The number of nitrogens with one attached hydrogen (secondary N) is 1. The smallest absolute Gasteiger partial charge is 0.315 e. The minimum Gasteiger partial charge on any atom is -0.497 e. The van der Waals surface area contributed by atoms with Gasteiger partial charge in [0, 0.05) is 24.9 Å². The number of rotatable bonds is 2. The van der Waals surface area contributed by atoms with Crippen LogP contribution in [0, 0.1) is 56.7 Å². The van der Waals surface area contributed by atoms with Crippen molar-refractivity contribution in [2.75, 3.05) is 20.2 Å². The van der Waals surface area contributed by atoms with Gasteiger partial charge in [0.1, 0.15) is 11.7 Å². The first-order valence-corrected chi connectivity index (χ1v) is 8.62. The van der Waals surface area contributed by atoms with Crippen LogP contribution in [0.15, 0.2) is 35.9 Å². The van der Waals surface area contributed by atoms with E-state index >= 15 is 0 Å². The third-order valence-electron chi connectivity index (χ3n) is 5.55. The molecule has 1 aliphatic heterocycles. The Kier molecular flexibility index (Phi) is 4.78. The van der Waals surface area contributed by atoms with Gasteiger partial charge in [-0.15, -0.1) is 0 Å². The second-order valence-electron chi connectivity index (χ2n) is 6.82. The Bertz CT molecular complexity index is 979. The first kappa shape index (κ1) is 18.9. The van der Waals surface area contributed by atoms with Gasteiger partial charge < -0.3 is 20.8 Å². The van der Waals surface area contributed by atoms with E-state index in [0.29, 0.717) is 16.9 Å². The fraction of sp³-hybridized carbons (Fsp3) is 0.350. The number of ether oxygens (including phenoxy) is 1. The van der Waals surface area contributed by atoms with E-state index in [2.05, 4.69) is 6.07 Å². The molecule has 1 aliphatic carbocycles. The standard InChI is InChI=1S/C20H18N6O2/c1-28-13-4-2-3-12(7-13)17-16-9-26(19(25)27)6-5-14(16)15(8-21)18(24)20(17,10-22)11-23/h2-5,7,15-17,24H,6,9H2,1H3,(H2,25,27)/t15-,16-,17-/m0/s1. The number of carbonyl (C=O) groups is 1. The zero-order valence-corrected chi connectivity index (χ0v) is 15.2. The molecule has 1 saturated carbocycles. The third kappa shape index (κ3) is 2.66. The zero-order chi connectivity index (χ0) is 20.5. The number of carbonyl (C=O) groups excluding carboxylic acids is 1. The van der Waals surface area contributed by atoms with Gasteiger partial charge in [0.15, 0.2) is 5.41 Å². The summed E-state index contributed by atoms with van der Waals surface area (Å²) in [5.74, 6) is -1.68.